The summed E-state index contributed by atoms with van der Waals surface area (Å²) in [5.41, 5.74) is 1.95. The average molecular weight is 325 g/mol. The Bertz CT molecular complexity index is 828. The van der Waals surface area contributed by atoms with E-state index in [0.29, 0.717) is 22.5 Å². The number of hydrogen-bond donors (Lipinski definition) is 1. The Morgan fingerprint density at radius 1 is 1.35 bits per heavy atom. The number of nitrogens with one attached hydrogen (secondary N) is 1. The van der Waals surface area contributed by atoms with Gasteiger partial charge in [0.25, 0.3) is 5.91 Å². The van der Waals surface area contributed by atoms with E-state index in [1.165, 1.54) is 6.20 Å². The van der Waals surface area contributed by atoms with Crippen molar-refractivity contribution in [2.75, 3.05) is 5.32 Å². The number of aromatic nitrogens is 4. The average Bonchev–Trinajstić information content (AvgIpc) is 2.99. The van der Waals surface area contributed by atoms with Crippen LogP contribution in [0.25, 0.3) is 5.69 Å². The van der Waals surface area contributed by atoms with Crippen molar-refractivity contribution in [3.05, 3.63) is 53.2 Å². The Balaban J connectivity index is 1.69. The van der Waals surface area contributed by atoms with Crippen LogP contribution in [-0.2, 0) is 0 Å². The van der Waals surface area contributed by atoms with Gasteiger partial charge in [-0.25, -0.2) is 4.68 Å². The van der Waals surface area contributed by atoms with Gasteiger partial charge in [-0.05, 0) is 36.0 Å². The summed E-state index contributed by atoms with van der Waals surface area (Å²) in [4.78, 5) is 12.8. The van der Waals surface area contributed by atoms with Crippen molar-refractivity contribution in [1.29, 1.82) is 0 Å². The lowest BCUT2D eigenvalue weighted by Crippen LogP contribution is -2.13. The SMILES string of the molecule is C[C@@H]1C[C@H]1c1cc(NC(=O)c2cnns2)n(-c2ccccc2)n1. The second kappa shape index (κ2) is 5.58. The predicted octanol–water partition coefficient (Wildman–Crippen LogP) is 3.10. The van der Waals surface area contributed by atoms with E-state index < -0.39 is 0 Å². The minimum atomic E-state index is -0.215. The molecule has 0 spiro atoms. The van der Waals surface area contributed by atoms with Gasteiger partial charge in [0.05, 0.1) is 17.6 Å². The number of anilines is 1. The van der Waals surface area contributed by atoms with Gasteiger partial charge < -0.3 is 5.32 Å². The third-order valence-electron chi connectivity index (χ3n) is 4.05. The molecule has 2 heterocycles. The maximum Gasteiger partial charge on any atom is 0.270 e. The van der Waals surface area contributed by atoms with Gasteiger partial charge in [0.1, 0.15) is 10.7 Å². The van der Waals surface area contributed by atoms with E-state index in [-0.39, 0.29) is 5.91 Å². The lowest BCUT2D eigenvalue weighted by Gasteiger charge is -2.07. The molecule has 0 unspecified atom stereocenters. The van der Waals surface area contributed by atoms with Crippen LogP contribution in [0.3, 0.4) is 0 Å². The van der Waals surface area contributed by atoms with Crippen LogP contribution >= 0.6 is 11.5 Å². The summed E-state index contributed by atoms with van der Waals surface area (Å²) >= 11 is 1.07. The van der Waals surface area contributed by atoms with Gasteiger partial charge in [0.15, 0.2) is 0 Å². The van der Waals surface area contributed by atoms with Gasteiger partial charge in [-0.1, -0.05) is 29.6 Å². The molecule has 1 aromatic carbocycles. The Kier molecular flexibility index (Phi) is 3.42. The first kappa shape index (κ1) is 14.1. The summed E-state index contributed by atoms with van der Waals surface area (Å²) in [6.45, 7) is 2.22. The summed E-state index contributed by atoms with van der Waals surface area (Å²) < 4.78 is 5.51. The highest BCUT2D eigenvalue weighted by Crippen LogP contribution is 2.47. The maximum absolute atomic E-state index is 12.3. The van der Waals surface area contributed by atoms with Crippen molar-refractivity contribution < 1.29 is 4.79 Å². The molecule has 6 nitrogen and oxygen atoms in total. The molecular formula is C16H15N5OS. The fourth-order valence-corrected chi connectivity index (χ4v) is 3.03. The smallest absolute Gasteiger partial charge is 0.270 e. The van der Waals surface area contributed by atoms with Gasteiger partial charge in [-0.2, -0.15) is 5.10 Å². The molecule has 1 aliphatic rings. The molecule has 0 aliphatic heterocycles. The van der Waals surface area contributed by atoms with Crippen LogP contribution < -0.4 is 5.32 Å². The van der Waals surface area contributed by atoms with E-state index in [4.69, 9.17) is 5.10 Å². The molecule has 4 rings (SSSR count). The quantitative estimate of drug-likeness (QED) is 0.800. The lowest BCUT2D eigenvalue weighted by molar-refractivity contribution is 0.102. The number of hydrogen-bond acceptors (Lipinski definition) is 5. The summed E-state index contributed by atoms with van der Waals surface area (Å²) in [6.07, 6.45) is 2.62. The van der Waals surface area contributed by atoms with E-state index in [1.54, 1.807) is 4.68 Å². The van der Waals surface area contributed by atoms with Crippen molar-refractivity contribution in [2.24, 2.45) is 5.92 Å². The predicted molar refractivity (Wildman–Crippen MR) is 87.9 cm³/mol. The van der Waals surface area contributed by atoms with Crippen LogP contribution in [0.15, 0.2) is 42.6 Å². The molecule has 116 valence electrons. The van der Waals surface area contributed by atoms with Gasteiger partial charge in [-0.15, -0.1) is 5.10 Å². The lowest BCUT2D eigenvalue weighted by atomic mass is 10.2. The molecule has 2 atom stereocenters. The third kappa shape index (κ3) is 2.75. The van der Waals surface area contributed by atoms with E-state index in [1.807, 2.05) is 36.4 Å². The number of benzene rings is 1. The van der Waals surface area contributed by atoms with E-state index in [2.05, 4.69) is 21.8 Å². The molecule has 0 saturated heterocycles. The van der Waals surface area contributed by atoms with Gasteiger partial charge in [-0.3, -0.25) is 4.79 Å². The van der Waals surface area contributed by atoms with Crippen molar-refractivity contribution in [1.82, 2.24) is 19.4 Å². The Morgan fingerprint density at radius 3 is 2.78 bits per heavy atom. The molecule has 7 heteroatoms. The highest BCUT2D eigenvalue weighted by molar-refractivity contribution is 7.07. The van der Waals surface area contributed by atoms with Crippen molar-refractivity contribution in [3.63, 3.8) is 0 Å². The van der Waals surface area contributed by atoms with Crippen LogP contribution in [0.4, 0.5) is 5.82 Å². The normalized spacial score (nSPS) is 19.5. The standard InChI is InChI=1S/C16H15N5OS/c1-10-7-12(10)13-8-15(18-16(22)14-9-17-20-23-14)21(19-13)11-5-3-2-4-6-11/h2-6,8-10,12H,7H2,1H3,(H,18,22)/t10-,12-/m1/s1. The molecule has 1 N–H and O–H groups in total. The minimum Gasteiger partial charge on any atom is -0.306 e. The Morgan fingerprint density at radius 2 is 2.13 bits per heavy atom. The Labute approximate surface area is 137 Å². The van der Waals surface area contributed by atoms with Crippen molar-refractivity contribution in [3.8, 4) is 5.69 Å². The van der Waals surface area contributed by atoms with E-state index in [9.17, 15) is 4.79 Å². The van der Waals surface area contributed by atoms with E-state index in [0.717, 1.165) is 29.3 Å². The number of carbonyl (C=O) groups is 1. The second-order valence-electron chi connectivity index (χ2n) is 5.76. The minimum absolute atomic E-state index is 0.215. The number of carbonyl (C=O) groups excluding carboxylic acids is 1. The number of nitrogens with zero attached hydrogens (tertiary/aromatic N) is 4. The van der Waals surface area contributed by atoms with Crippen LogP contribution in [0.2, 0.25) is 0 Å². The number of para-hydroxylation sites is 1. The molecule has 23 heavy (non-hydrogen) atoms. The molecule has 3 aromatic rings. The van der Waals surface area contributed by atoms with Gasteiger partial charge in [0.2, 0.25) is 0 Å². The first-order chi connectivity index (χ1) is 11.2. The van der Waals surface area contributed by atoms with Crippen LogP contribution in [0, 0.1) is 5.92 Å². The van der Waals surface area contributed by atoms with Crippen molar-refractivity contribution in [2.45, 2.75) is 19.3 Å². The van der Waals surface area contributed by atoms with Gasteiger partial charge in [0, 0.05) is 12.0 Å². The van der Waals surface area contributed by atoms with Gasteiger partial charge >= 0.3 is 0 Å². The zero-order chi connectivity index (χ0) is 15.8. The summed E-state index contributed by atoms with van der Waals surface area (Å²) in [7, 11) is 0. The number of amides is 1. The van der Waals surface area contributed by atoms with Crippen LogP contribution in [0.5, 0.6) is 0 Å². The zero-order valence-corrected chi connectivity index (χ0v) is 13.3. The molecule has 0 radical (unpaired) electrons. The topological polar surface area (TPSA) is 72.7 Å². The summed E-state index contributed by atoms with van der Waals surface area (Å²) in [5, 5.41) is 11.3. The first-order valence-corrected chi connectivity index (χ1v) is 8.24. The highest BCUT2D eigenvalue weighted by atomic mass is 32.1. The largest absolute Gasteiger partial charge is 0.306 e. The third-order valence-corrected chi connectivity index (χ3v) is 4.71. The summed E-state index contributed by atoms with van der Waals surface area (Å²) in [6, 6.07) is 11.8. The molecule has 0 bridgehead atoms. The number of rotatable bonds is 4. The molecule has 1 amide bonds. The fraction of sp³-hybridized carbons (Fsp3) is 0.250. The first-order valence-electron chi connectivity index (χ1n) is 7.46. The maximum atomic E-state index is 12.3. The molecular weight excluding hydrogens is 310 g/mol. The second-order valence-corrected chi connectivity index (χ2v) is 6.54. The van der Waals surface area contributed by atoms with Crippen molar-refractivity contribution >= 4 is 23.3 Å². The Hall–Kier alpha value is -2.54. The molecule has 1 aliphatic carbocycles. The zero-order valence-electron chi connectivity index (χ0n) is 12.5. The van der Waals surface area contributed by atoms with Crippen LogP contribution in [0.1, 0.15) is 34.6 Å². The fourth-order valence-electron chi connectivity index (χ4n) is 2.62. The van der Waals surface area contributed by atoms with Crippen LogP contribution in [-0.4, -0.2) is 25.3 Å². The van der Waals surface area contributed by atoms with E-state index >= 15 is 0 Å². The monoisotopic (exact) mass is 325 g/mol. The molecule has 2 aromatic heterocycles. The molecule has 1 saturated carbocycles. The molecule has 1 fully saturated rings. The summed E-state index contributed by atoms with van der Waals surface area (Å²) in [5.74, 6) is 1.60. The highest BCUT2D eigenvalue weighted by Gasteiger charge is 2.36.